The maximum atomic E-state index is 14.8. The molecule has 3 aromatic rings. The third kappa shape index (κ3) is 4.42. The van der Waals surface area contributed by atoms with Gasteiger partial charge in [0.2, 0.25) is 0 Å². The van der Waals surface area contributed by atoms with E-state index in [1.165, 1.54) is 22.8 Å². The molecule has 170 valence electrons. The highest BCUT2D eigenvalue weighted by Crippen LogP contribution is 2.32. The average molecular weight is 471 g/mol. The molecule has 4 rings (SSSR count). The van der Waals surface area contributed by atoms with E-state index in [1.54, 1.807) is 18.9 Å². The number of nitrogens with zero attached hydrogens (tertiary/aromatic N) is 4. The predicted molar refractivity (Wildman–Crippen MR) is 113 cm³/mol. The molecule has 1 aliphatic rings. The molecule has 0 spiro atoms. The number of morpholine rings is 1. The van der Waals surface area contributed by atoms with Gasteiger partial charge in [-0.25, -0.2) is 14.4 Å². The first-order chi connectivity index (χ1) is 15.0. The fourth-order valence-electron chi connectivity index (χ4n) is 3.73. The predicted octanol–water partition coefficient (Wildman–Crippen LogP) is 4.25. The van der Waals surface area contributed by atoms with Crippen molar-refractivity contribution in [1.29, 1.82) is 0 Å². The Kier molecular flexibility index (Phi) is 5.85. The van der Waals surface area contributed by atoms with Gasteiger partial charge in [-0.05, 0) is 25.1 Å². The second-order valence-corrected chi connectivity index (χ2v) is 8.07. The van der Waals surface area contributed by atoms with Gasteiger partial charge in [-0.15, -0.1) is 0 Å². The first kappa shape index (κ1) is 22.5. The molecule has 0 radical (unpaired) electrons. The maximum Gasteiger partial charge on any atom is 0.391 e. The van der Waals surface area contributed by atoms with Gasteiger partial charge in [-0.3, -0.25) is 9.36 Å². The molecule has 0 amide bonds. The van der Waals surface area contributed by atoms with Gasteiger partial charge >= 0.3 is 6.18 Å². The summed E-state index contributed by atoms with van der Waals surface area (Å²) in [6.45, 7) is 1.97. The van der Waals surface area contributed by atoms with Crippen molar-refractivity contribution in [2.45, 2.75) is 25.6 Å². The van der Waals surface area contributed by atoms with Gasteiger partial charge < -0.3 is 9.64 Å². The highest BCUT2D eigenvalue weighted by atomic mass is 35.5. The van der Waals surface area contributed by atoms with Crippen molar-refractivity contribution < 1.29 is 22.3 Å². The van der Waals surface area contributed by atoms with Crippen LogP contribution in [-0.2, 0) is 11.8 Å². The summed E-state index contributed by atoms with van der Waals surface area (Å²) < 4.78 is 59.9. The molecular weight excluding hydrogens is 452 g/mol. The van der Waals surface area contributed by atoms with E-state index in [2.05, 4.69) is 9.97 Å². The summed E-state index contributed by atoms with van der Waals surface area (Å²) in [6.07, 6.45) is -6.52. The fourth-order valence-corrected chi connectivity index (χ4v) is 3.89. The zero-order valence-electron chi connectivity index (χ0n) is 17.2. The zero-order chi connectivity index (χ0) is 23.2. The quantitative estimate of drug-likeness (QED) is 0.535. The lowest BCUT2D eigenvalue weighted by molar-refractivity contribution is -0.161. The Labute approximate surface area is 185 Å². The molecule has 1 unspecified atom stereocenters. The van der Waals surface area contributed by atoms with E-state index in [-0.39, 0.29) is 46.2 Å². The van der Waals surface area contributed by atoms with Crippen LogP contribution < -0.4 is 10.5 Å². The lowest BCUT2D eigenvalue weighted by Crippen LogP contribution is -2.44. The number of fused-ring (bicyclic) bond motifs is 1. The van der Waals surface area contributed by atoms with Crippen LogP contribution in [0.1, 0.15) is 12.2 Å². The topological polar surface area (TPSA) is 60.2 Å². The van der Waals surface area contributed by atoms with Crippen LogP contribution in [0.25, 0.3) is 22.2 Å². The fraction of sp³-hybridized carbons (Fsp3) is 0.381. The minimum Gasteiger partial charge on any atom is -0.374 e. The summed E-state index contributed by atoms with van der Waals surface area (Å²) in [5, 5.41) is 0.292. The SMILES string of the molecule is Cc1nc2cc(N3CCOC(CC(F)(F)F)C3)nc(-c3ccc(Cl)cc3F)c2c(=O)n1C. The Morgan fingerprint density at radius 2 is 2.00 bits per heavy atom. The molecule has 2 aromatic heterocycles. The van der Waals surface area contributed by atoms with Gasteiger partial charge in [0.15, 0.2) is 0 Å². The Balaban J connectivity index is 1.88. The first-order valence-corrected chi connectivity index (χ1v) is 10.2. The molecule has 1 atom stereocenters. The molecule has 1 fully saturated rings. The van der Waals surface area contributed by atoms with Gasteiger partial charge in [0.25, 0.3) is 5.56 Å². The largest absolute Gasteiger partial charge is 0.391 e. The van der Waals surface area contributed by atoms with E-state index >= 15 is 0 Å². The number of anilines is 1. The summed E-state index contributed by atoms with van der Waals surface area (Å²) in [4.78, 5) is 23.6. The second kappa shape index (κ2) is 8.32. The number of hydrogen-bond donors (Lipinski definition) is 0. The number of ether oxygens (including phenoxy) is 1. The van der Waals surface area contributed by atoms with Crippen molar-refractivity contribution in [2.75, 3.05) is 24.6 Å². The number of halogens is 5. The Hall–Kier alpha value is -2.72. The van der Waals surface area contributed by atoms with Gasteiger partial charge in [0, 0.05) is 36.8 Å². The number of rotatable bonds is 3. The van der Waals surface area contributed by atoms with Crippen molar-refractivity contribution >= 4 is 28.3 Å². The van der Waals surface area contributed by atoms with Crippen LogP contribution >= 0.6 is 11.6 Å². The molecule has 0 aliphatic carbocycles. The van der Waals surface area contributed by atoms with E-state index in [1.807, 2.05) is 0 Å². The number of alkyl halides is 3. The van der Waals surface area contributed by atoms with E-state index in [4.69, 9.17) is 16.3 Å². The number of pyridine rings is 1. The van der Waals surface area contributed by atoms with Crippen molar-refractivity contribution in [1.82, 2.24) is 14.5 Å². The van der Waals surface area contributed by atoms with Gasteiger partial charge in [-0.1, -0.05) is 11.6 Å². The molecule has 1 saturated heterocycles. The van der Waals surface area contributed by atoms with Crippen molar-refractivity contribution in [3.63, 3.8) is 0 Å². The molecule has 0 bridgehead atoms. The minimum atomic E-state index is -4.37. The lowest BCUT2D eigenvalue weighted by Gasteiger charge is -2.34. The summed E-state index contributed by atoms with van der Waals surface area (Å²) in [7, 11) is 1.55. The number of benzene rings is 1. The summed E-state index contributed by atoms with van der Waals surface area (Å²) in [6, 6.07) is 5.53. The van der Waals surface area contributed by atoms with Crippen molar-refractivity contribution in [3.05, 3.63) is 51.3 Å². The Morgan fingerprint density at radius 3 is 2.69 bits per heavy atom. The Morgan fingerprint density at radius 1 is 1.25 bits per heavy atom. The average Bonchev–Trinajstić information content (AvgIpc) is 2.70. The first-order valence-electron chi connectivity index (χ1n) is 9.80. The molecule has 6 nitrogen and oxygen atoms in total. The van der Waals surface area contributed by atoms with E-state index in [9.17, 15) is 22.4 Å². The molecule has 1 aliphatic heterocycles. The summed E-state index contributed by atoms with van der Waals surface area (Å²) in [5.41, 5.74) is -0.0330. The third-order valence-corrected chi connectivity index (χ3v) is 5.61. The van der Waals surface area contributed by atoms with E-state index in [0.29, 0.717) is 12.4 Å². The standard InChI is InChI=1S/C21H19ClF4N4O2/c1-11-27-16-8-17(30-5-6-32-13(10-30)9-21(24,25)26)28-19(18(16)20(31)29(11)2)14-4-3-12(22)7-15(14)23/h3-4,7-8,13H,5-6,9-10H2,1-2H3. The number of hydrogen-bond acceptors (Lipinski definition) is 5. The maximum absolute atomic E-state index is 14.8. The molecule has 3 heterocycles. The zero-order valence-corrected chi connectivity index (χ0v) is 18.0. The van der Waals surface area contributed by atoms with Gasteiger partial charge in [-0.2, -0.15) is 13.2 Å². The third-order valence-electron chi connectivity index (χ3n) is 5.38. The normalized spacial score (nSPS) is 17.2. The van der Waals surface area contributed by atoms with E-state index < -0.39 is 30.1 Å². The Bertz CT molecular complexity index is 1250. The lowest BCUT2D eigenvalue weighted by atomic mass is 10.1. The monoisotopic (exact) mass is 470 g/mol. The summed E-state index contributed by atoms with van der Waals surface area (Å²) in [5.74, 6) is 0.0413. The molecular formula is C21H19ClF4N4O2. The minimum absolute atomic E-state index is 0.0455. The van der Waals surface area contributed by atoms with Crippen molar-refractivity contribution in [2.24, 2.45) is 7.05 Å². The van der Waals surface area contributed by atoms with Crippen LogP contribution in [0.4, 0.5) is 23.4 Å². The van der Waals surface area contributed by atoms with Crippen molar-refractivity contribution in [3.8, 4) is 11.3 Å². The molecule has 11 heteroatoms. The van der Waals surface area contributed by atoms with E-state index in [0.717, 1.165) is 6.07 Å². The van der Waals surface area contributed by atoms with Crippen LogP contribution in [0, 0.1) is 12.7 Å². The molecule has 32 heavy (non-hydrogen) atoms. The molecule has 0 saturated carbocycles. The van der Waals surface area contributed by atoms with Crippen LogP contribution in [-0.4, -0.2) is 46.5 Å². The van der Waals surface area contributed by atoms with Crippen LogP contribution in [0.3, 0.4) is 0 Å². The molecule has 1 aromatic carbocycles. The smallest absolute Gasteiger partial charge is 0.374 e. The van der Waals surface area contributed by atoms with Gasteiger partial charge in [0.05, 0.1) is 35.7 Å². The van der Waals surface area contributed by atoms with Gasteiger partial charge in [0.1, 0.15) is 17.5 Å². The van der Waals surface area contributed by atoms with Crippen LogP contribution in [0.15, 0.2) is 29.1 Å². The number of aromatic nitrogens is 3. The highest BCUT2D eigenvalue weighted by Gasteiger charge is 2.35. The number of aryl methyl sites for hydroxylation is 1. The molecule has 0 N–H and O–H groups in total. The van der Waals surface area contributed by atoms with Crippen LogP contribution in [0.2, 0.25) is 5.02 Å². The summed E-state index contributed by atoms with van der Waals surface area (Å²) >= 11 is 5.87. The highest BCUT2D eigenvalue weighted by molar-refractivity contribution is 6.30. The second-order valence-electron chi connectivity index (χ2n) is 7.63. The van der Waals surface area contributed by atoms with Crippen LogP contribution in [0.5, 0.6) is 0 Å².